The van der Waals surface area contributed by atoms with Crippen LogP contribution in [0.25, 0.3) is 0 Å². The topological polar surface area (TPSA) is 49.8 Å². The third-order valence-corrected chi connectivity index (χ3v) is 1.50. The summed E-state index contributed by atoms with van der Waals surface area (Å²) in [4.78, 5) is 12.7. The Hall–Kier alpha value is -1.03. The number of carbonyl (C=O) groups is 1. The van der Waals surface area contributed by atoms with Gasteiger partial charge in [-0.25, -0.2) is 4.79 Å². The smallest absolute Gasteiger partial charge is 0.414 e. The molecule has 0 spiro atoms. The fourth-order valence-corrected chi connectivity index (χ4v) is 0.982. The molecule has 0 bridgehead atoms. The van der Waals surface area contributed by atoms with Crippen molar-refractivity contribution in [2.75, 3.05) is 6.54 Å². The molecule has 0 radical (unpaired) electrons. The number of β-amino-alcohol motifs (C(OH)–C–C–N with tert-alkyl or cyclic N) is 1. The van der Waals surface area contributed by atoms with Crippen molar-refractivity contribution in [2.45, 2.75) is 32.5 Å². The summed E-state index contributed by atoms with van der Waals surface area (Å²) in [5, 5.41) is 9.11. The van der Waals surface area contributed by atoms with Crippen molar-refractivity contribution >= 4 is 6.09 Å². The van der Waals surface area contributed by atoms with Gasteiger partial charge in [0.1, 0.15) is 5.60 Å². The summed E-state index contributed by atoms with van der Waals surface area (Å²) in [7, 11) is 0. The highest BCUT2D eigenvalue weighted by Crippen LogP contribution is 2.13. The number of hydrogen-bond acceptors (Lipinski definition) is 3. The Labute approximate surface area is 77.8 Å². The summed E-state index contributed by atoms with van der Waals surface area (Å²) in [6.07, 6.45) is 2.12. The zero-order valence-corrected chi connectivity index (χ0v) is 8.15. The largest absolute Gasteiger partial charge is 0.443 e. The van der Waals surface area contributed by atoms with Crippen molar-refractivity contribution in [2.24, 2.45) is 0 Å². The highest BCUT2D eigenvalue weighted by Gasteiger charge is 2.24. The van der Waals surface area contributed by atoms with Gasteiger partial charge in [0.2, 0.25) is 0 Å². The fraction of sp³-hybridized carbons (Fsp3) is 0.667. The Balaban J connectivity index is 2.46. The Morgan fingerprint density at radius 2 is 2.23 bits per heavy atom. The molecule has 0 aromatic carbocycles. The van der Waals surface area contributed by atoms with Crippen LogP contribution in [0, 0.1) is 0 Å². The minimum Gasteiger partial charge on any atom is -0.443 e. The molecule has 0 aromatic rings. The van der Waals surface area contributed by atoms with Gasteiger partial charge < -0.3 is 9.84 Å². The van der Waals surface area contributed by atoms with E-state index in [9.17, 15) is 4.79 Å². The molecule has 13 heavy (non-hydrogen) atoms. The van der Waals surface area contributed by atoms with E-state index >= 15 is 0 Å². The number of carbonyl (C=O) groups excluding carboxylic acids is 1. The van der Waals surface area contributed by atoms with Gasteiger partial charge in [-0.3, -0.25) is 4.90 Å². The monoisotopic (exact) mass is 185 g/mol. The minimum absolute atomic E-state index is 0.287. The molecular weight excluding hydrogens is 170 g/mol. The lowest BCUT2D eigenvalue weighted by Crippen LogP contribution is -2.34. The first-order valence-corrected chi connectivity index (χ1v) is 4.24. The molecule has 1 amide bonds. The summed E-state index contributed by atoms with van der Waals surface area (Å²) in [6, 6.07) is 0. The molecule has 1 aliphatic rings. The van der Waals surface area contributed by atoms with Crippen molar-refractivity contribution in [3.8, 4) is 0 Å². The van der Waals surface area contributed by atoms with Crippen molar-refractivity contribution in [1.29, 1.82) is 0 Å². The molecule has 4 heteroatoms. The van der Waals surface area contributed by atoms with Crippen LogP contribution in [0.1, 0.15) is 20.8 Å². The van der Waals surface area contributed by atoms with Crippen LogP contribution in [0.2, 0.25) is 0 Å². The summed E-state index contributed by atoms with van der Waals surface area (Å²) in [5.41, 5.74) is -0.488. The second-order valence-corrected chi connectivity index (χ2v) is 4.04. The van der Waals surface area contributed by atoms with E-state index < -0.39 is 17.8 Å². The van der Waals surface area contributed by atoms with Crippen molar-refractivity contribution in [1.82, 2.24) is 4.90 Å². The first-order chi connectivity index (χ1) is 5.88. The lowest BCUT2D eigenvalue weighted by atomic mass is 10.2. The molecule has 1 atom stereocenters. The number of aliphatic hydroxyl groups is 1. The SMILES string of the molecule is CC(C)(C)OC(=O)N1C=C[C@@H](O)C1. The van der Waals surface area contributed by atoms with E-state index in [2.05, 4.69) is 0 Å². The standard InChI is InChI=1S/C9H15NO3/c1-9(2,3)13-8(12)10-5-4-7(11)6-10/h4-5,7,11H,6H2,1-3H3/t7-/m1/s1. The molecule has 74 valence electrons. The molecular formula is C9H15NO3. The van der Waals surface area contributed by atoms with Crippen molar-refractivity contribution in [3.05, 3.63) is 12.3 Å². The molecule has 0 saturated carbocycles. The van der Waals surface area contributed by atoms with E-state index in [1.165, 1.54) is 4.90 Å². The third-order valence-electron chi connectivity index (χ3n) is 1.50. The number of aliphatic hydroxyl groups excluding tert-OH is 1. The summed E-state index contributed by atoms with van der Waals surface area (Å²) in [5.74, 6) is 0. The number of amides is 1. The van der Waals surface area contributed by atoms with Crippen LogP contribution in [0.4, 0.5) is 4.79 Å². The van der Waals surface area contributed by atoms with E-state index in [-0.39, 0.29) is 6.54 Å². The number of hydrogen-bond donors (Lipinski definition) is 1. The average Bonchev–Trinajstić information content (AvgIpc) is 2.31. The van der Waals surface area contributed by atoms with E-state index in [0.717, 1.165) is 0 Å². The first kappa shape index (κ1) is 10.1. The maximum Gasteiger partial charge on any atom is 0.414 e. The van der Waals surface area contributed by atoms with Gasteiger partial charge in [-0.1, -0.05) is 0 Å². The predicted molar refractivity (Wildman–Crippen MR) is 48.1 cm³/mol. The summed E-state index contributed by atoms with van der Waals surface area (Å²) < 4.78 is 5.09. The van der Waals surface area contributed by atoms with Gasteiger partial charge >= 0.3 is 6.09 Å². The average molecular weight is 185 g/mol. The van der Waals surface area contributed by atoms with E-state index in [0.29, 0.717) is 0 Å². The van der Waals surface area contributed by atoms with Gasteiger partial charge in [-0.05, 0) is 26.8 Å². The molecule has 0 fully saturated rings. The molecule has 0 unspecified atom stereocenters. The minimum atomic E-state index is -0.562. The molecule has 0 aliphatic carbocycles. The van der Waals surface area contributed by atoms with E-state index in [1.54, 1.807) is 33.0 Å². The maximum absolute atomic E-state index is 11.3. The molecule has 1 rings (SSSR count). The normalized spacial score (nSPS) is 22.2. The molecule has 0 saturated heterocycles. The van der Waals surface area contributed by atoms with Crippen LogP contribution in [0.15, 0.2) is 12.3 Å². The van der Waals surface area contributed by atoms with Crippen LogP contribution >= 0.6 is 0 Å². The van der Waals surface area contributed by atoms with Crippen molar-refractivity contribution < 1.29 is 14.6 Å². The molecule has 1 N–H and O–H groups in total. The fourth-order valence-electron chi connectivity index (χ4n) is 0.982. The zero-order chi connectivity index (χ0) is 10.1. The van der Waals surface area contributed by atoms with Crippen LogP contribution in [0.5, 0.6) is 0 Å². The Morgan fingerprint density at radius 3 is 2.62 bits per heavy atom. The van der Waals surface area contributed by atoms with Gasteiger partial charge in [-0.2, -0.15) is 0 Å². The lowest BCUT2D eigenvalue weighted by molar-refractivity contribution is 0.0312. The van der Waals surface area contributed by atoms with E-state index in [1.807, 2.05) is 0 Å². The first-order valence-electron chi connectivity index (χ1n) is 4.24. The number of ether oxygens (including phenoxy) is 1. The van der Waals surface area contributed by atoms with Crippen LogP contribution in [-0.2, 0) is 4.74 Å². The van der Waals surface area contributed by atoms with Gasteiger partial charge in [0, 0.05) is 6.20 Å². The second kappa shape index (κ2) is 3.38. The predicted octanol–water partition coefficient (Wildman–Crippen LogP) is 1.11. The quantitative estimate of drug-likeness (QED) is 0.615. The maximum atomic E-state index is 11.3. The highest BCUT2D eigenvalue weighted by molar-refractivity contribution is 5.70. The molecule has 1 heterocycles. The van der Waals surface area contributed by atoms with Crippen LogP contribution < -0.4 is 0 Å². The van der Waals surface area contributed by atoms with Crippen LogP contribution in [0.3, 0.4) is 0 Å². The van der Waals surface area contributed by atoms with Gasteiger partial charge in [-0.15, -0.1) is 0 Å². The van der Waals surface area contributed by atoms with Gasteiger partial charge in [0.25, 0.3) is 0 Å². The number of nitrogens with zero attached hydrogens (tertiary/aromatic N) is 1. The summed E-state index contributed by atoms with van der Waals surface area (Å²) >= 11 is 0. The third kappa shape index (κ3) is 3.06. The number of rotatable bonds is 0. The van der Waals surface area contributed by atoms with Crippen molar-refractivity contribution in [3.63, 3.8) is 0 Å². The molecule has 1 aliphatic heterocycles. The lowest BCUT2D eigenvalue weighted by Gasteiger charge is -2.23. The molecule has 0 aromatic heterocycles. The highest BCUT2D eigenvalue weighted by atomic mass is 16.6. The zero-order valence-electron chi connectivity index (χ0n) is 8.15. The van der Waals surface area contributed by atoms with E-state index in [4.69, 9.17) is 9.84 Å². The Bertz CT molecular complexity index is 230. The van der Waals surface area contributed by atoms with Gasteiger partial charge in [0.15, 0.2) is 0 Å². The Morgan fingerprint density at radius 1 is 1.62 bits per heavy atom. The van der Waals surface area contributed by atoms with Crippen LogP contribution in [-0.4, -0.2) is 34.3 Å². The summed E-state index contributed by atoms with van der Waals surface area (Å²) in [6.45, 7) is 5.71. The van der Waals surface area contributed by atoms with Gasteiger partial charge in [0.05, 0.1) is 12.6 Å². The Kier molecular flexibility index (Phi) is 2.61. The molecule has 4 nitrogen and oxygen atoms in total. The second-order valence-electron chi connectivity index (χ2n) is 4.04.